The molecule has 1 aliphatic heterocycles. The van der Waals surface area contributed by atoms with E-state index in [-0.39, 0.29) is 36.6 Å². The van der Waals surface area contributed by atoms with E-state index in [1.807, 2.05) is 13.8 Å². The molecule has 0 aromatic heterocycles. The molecule has 106 valence electrons. The van der Waals surface area contributed by atoms with E-state index in [9.17, 15) is 18.3 Å². The van der Waals surface area contributed by atoms with E-state index >= 15 is 0 Å². The molecule has 0 bridgehead atoms. The van der Waals surface area contributed by atoms with Crippen LogP contribution in [0.5, 0.6) is 0 Å². The summed E-state index contributed by atoms with van der Waals surface area (Å²) in [5, 5.41) is 14.3. The molecule has 0 aromatic carbocycles. The first-order valence-electron chi connectivity index (χ1n) is 6.13. The molecule has 1 rings (SSSR count). The third-order valence-corrected chi connectivity index (χ3v) is 4.04. The average molecular weight is 278 g/mol. The van der Waals surface area contributed by atoms with E-state index in [0.29, 0.717) is 18.9 Å². The molecule has 1 unspecified atom stereocenters. The summed E-state index contributed by atoms with van der Waals surface area (Å²) < 4.78 is 22.0. The summed E-state index contributed by atoms with van der Waals surface area (Å²) in [4.78, 5) is 13.4. The Hall–Kier alpha value is -0.660. The van der Waals surface area contributed by atoms with Crippen LogP contribution < -0.4 is 5.14 Å². The van der Waals surface area contributed by atoms with Crippen molar-refractivity contribution >= 4 is 15.9 Å². The number of likely N-dealkylation sites (tertiary alicyclic amines) is 1. The SMILES string of the molecule is CC(C)C[C@@H](CO)N1CC(CS(N)(=O)=O)CC1=O. The van der Waals surface area contributed by atoms with Gasteiger partial charge in [-0.1, -0.05) is 13.8 Å². The monoisotopic (exact) mass is 278 g/mol. The lowest BCUT2D eigenvalue weighted by Gasteiger charge is -2.28. The molecule has 0 aromatic rings. The van der Waals surface area contributed by atoms with Crippen LogP contribution in [-0.4, -0.2) is 49.3 Å². The van der Waals surface area contributed by atoms with Gasteiger partial charge in [0, 0.05) is 18.9 Å². The third kappa shape index (κ3) is 4.55. The van der Waals surface area contributed by atoms with Crippen LogP contribution in [0.2, 0.25) is 0 Å². The second-order valence-electron chi connectivity index (χ2n) is 5.41. The maximum atomic E-state index is 11.8. The molecule has 2 atom stereocenters. The number of primary sulfonamides is 1. The Morgan fingerprint density at radius 2 is 2.11 bits per heavy atom. The second kappa shape index (κ2) is 5.99. The quantitative estimate of drug-likeness (QED) is 0.686. The number of sulfonamides is 1. The highest BCUT2D eigenvalue weighted by atomic mass is 32.2. The van der Waals surface area contributed by atoms with Crippen molar-refractivity contribution in [2.24, 2.45) is 17.0 Å². The van der Waals surface area contributed by atoms with Gasteiger partial charge in [0.15, 0.2) is 0 Å². The van der Waals surface area contributed by atoms with E-state index in [1.165, 1.54) is 0 Å². The van der Waals surface area contributed by atoms with Crippen molar-refractivity contribution in [1.29, 1.82) is 0 Å². The number of amides is 1. The first-order chi connectivity index (χ1) is 8.23. The number of nitrogens with two attached hydrogens (primary N) is 1. The Morgan fingerprint density at radius 1 is 1.50 bits per heavy atom. The van der Waals surface area contributed by atoms with Gasteiger partial charge in [-0.2, -0.15) is 0 Å². The molecule has 0 spiro atoms. The normalized spacial score (nSPS) is 22.8. The van der Waals surface area contributed by atoms with Gasteiger partial charge in [-0.25, -0.2) is 13.6 Å². The van der Waals surface area contributed by atoms with Crippen LogP contribution in [-0.2, 0) is 14.8 Å². The van der Waals surface area contributed by atoms with Crippen LogP contribution in [0.25, 0.3) is 0 Å². The number of rotatable bonds is 6. The van der Waals surface area contributed by atoms with E-state index in [1.54, 1.807) is 4.90 Å². The van der Waals surface area contributed by atoms with E-state index in [4.69, 9.17) is 5.14 Å². The van der Waals surface area contributed by atoms with Crippen molar-refractivity contribution in [3.8, 4) is 0 Å². The largest absolute Gasteiger partial charge is 0.394 e. The summed E-state index contributed by atoms with van der Waals surface area (Å²) in [6.45, 7) is 4.31. The van der Waals surface area contributed by atoms with Gasteiger partial charge in [0.25, 0.3) is 0 Å². The lowest BCUT2D eigenvalue weighted by molar-refractivity contribution is -0.130. The summed E-state index contributed by atoms with van der Waals surface area (Å²) >= 11 is 0. The molecule has 6 nitrogen and oxygen atoms in total. The van der Waals surface area contributed by atoms with Crippen molar-refractivity contribution in [1.82, 2.24) is 4.90 Å². The number of hydrogen-bond acceptors (Lipinski definition) is 4. The van der Waals surface area contributed by atoms with Crippen molar-refractivity contribution in [3.05, 3.63) is 0 Å². The zero-order valence-corrected chi connectivity index (χ0v) is 11.7. The lowest BCUT2D eigenvalue weighted by Crippen LogP contribution is -2.40. The topological polar surface area (TPSA) is 101 Å². The fraction of sp³-hybridized carbons (Fsp3) is 0.909. The molecule has 1 saturated heterocycles. The van der Waals surface area contributed by atoms with Gasteiger partial charge in [-0.15, -0.1) is 0 Å². The van der Waals surface area contributed by atoms with Crippen LogP contribution in [0.15, 0.2) is 0 Å². The fourth-order valence-corrected chi connectivity index (χ4v) is 3.33. The van der Waals surface area contributed by atoms with Crippen LogP contribution >= 0.6 is 0 Å². The van der Waals surface area contributed by atoms with Crippen molar-refractivity contribution < 1.29 is 18.3 Å². The molecule has 1 fully saturated rings. The molecule has 1 amide bonds. The Kier molecular flexibility index (Phi) is 5.12. The Morgan fingerprint density at radius 3 is 2.56 bits per heavy atom. The van der Waals surface area contributed by atoms with Gasteiger partial charge < -0.3 is 10.0 Å². The van der Waals surface area contributed by atoms with Gasteiger partial charge >= 0.3 is 0 Å². The molecular weight excluding hydrogens is 256 g/mol. The first-order valence-corrected chi connectivity index (χ1v) is 7.85. The number of carbonyl (C=O) groups is 1. The summed E-state index contributed by atoms with van der Waals surface area (Å²) in [6, 6.07) is -0.219. The highest BCUT2D eigenvalue weighted by molar-refractivity contribution is 7.89. The highest BCUT2D eigenvalue weighted by Crippen LogP contribution is 2.23. The zero-order chi connectivity index (χ0) is 13.9. The number of aliphatic hydroxyl groups is 1. The number of carbonyl (C=O) groups excluding carboxylic acids is 1. The summed E-state index contributed by atoms with van der Waals surface area (Å²) in [6.07, 6.45) is 0.912. The molecule has 1 heterocycles. The van der Waals surface area contributed by atoms with Crippen molar-refractivity contribution in [2.45, 2.75) is 32.7 Å². The summed E-state index contributed by atoms with van der Waals surface area (Å²) in [7, 11) is -3.55. The van der Waals surface area contributed by atoms with Crippen LogP contribution in [0, 0.1) is 11.8 Å². The minimum atomic E-state index is -3.55. The Bertz CT molecular complexity index is 394. The average Bonchev–Trinajstić information content (AvgIpc) is 2.52. The molecule has 1 aliphatic rings. The Labute approximate surface area is 108 Å². The molecular formula is C11H22N2O4S. The zero-order valence-electron chi connectivity index (χ0n) is 10.9. The van der Waals surface area contributed by atoms with Gasteiger partial charge in [0.05, 0.1) is 18.4 Å². The van der Waals surface area contributed by atoms with Crippen LogP contribution in [0.1, 0.15) is 26.7 Å². The molecule has 18 heavy (non-hydrogen) atoms. The van der Waals surface area contributed by atoms with Gasteiger partial charge in [0.2, 0.25) is 15.9 Å². The van der Waals surface area contributed by atoms with Gasteiger partial charge in [-0.05, 0) is 12.3 Å². The second-order valence-corrected chi connectivity index (χ2v) is 7.07. The van der Waals surface area contributed by atoms with Crippen molar-refractivity contribution in [2.75, 3.05) is 18.9 Å². The summed E-state index contributed by atoms with van der Waals surface area (Å²) in [5.41, 5.74) is 0. The van der Waals surface area contributed by atoms with Crippen LogP contribution in [0.4, 0.5) is 0 Å². The number of hydrogen-bond donors (Lipinski definition) is 2. The van der Waals surface area contributed by atoms with Gasteiger partial charge in [0.1, 0.15) is 0 Å². The van der Waals surface area contributed by atoms with Crippen molar-refractivity contribution in [3.63, 3.8) is 0 Å². The molecule has 0 aliphatic carbocycles. The maximum absolute atomic E-state index is 11.8. The van der Waals surface area contributed by atoms with E-state index < -0.39 is 10.0 Å². The fourth-order valence-electron chi connectivity index (χ4n) is 2.45. The number of nitrogens with zero attached hydrogens (tertiary/aromatic N) is 1. The lowest BCUT2D eigenvalue weighted by atomic mass is 10.0. The third-order valence-electron chi connectivity index (χ3n) is 3.10. The summed E-state index contributed by atoms with van der Waals surface area (Å²) in [5.74, 6) is -0.154. The minimum absolute atomic E-state index is 0.0913. The predicted molar refractivity (Wildman–Crippen MR) is 68.1 cm³/mol. The van der Waals surface area contributed by atoms with E-state index in [2.05, 4.69) is 0 Å². The molecule has 3 N–H and O–H groups in total. The predicted octanol–water partition coefficient (Wildman–Crippen LogP) is -0.470. The van der Waals surface area contributed by atoms with Crippen LogP contribution in [0.3, 0.4) is 0 Å². The molecule has 7 heteroatoms. The van der Waals surface area contributed by atoms with E-state index in [0.717, 1.165) is 0 Å². The maximum Gasteiger partial charge on any atom is 0.223 e. The highest BCUT2D eigenvalue weighted by Gasteiger charge is 2.35. The molecule has 0 saturated carbocycles. The standard InChI is InChI=1S/C11H22N2O4S/c1-8(2)3-10(6-14)13-5-9(4-11(13)15)7-18(12,16)17/h8-10,14H,3-7H2,1-2H3,(H2,12,16,17)/t9?,10-/m0/s1. The van der Waals surface area contributed by atoms with Gasteiger partial charge in [-0.3, -0.25) is 4.79 Å². The number of aliphatic hydroxyl groups excluding tert-OH is 1. The smallest absolute Gasteiger partial charge is 0.223 e. The first kappa shape index (κ1) is 15.4. The minimum Gasteiger partial charge on any atom is -0.394 e. The molecule has 0 radical (unpaired) electrons. The Balaban J connectivity index is 2.65.